The van der Waals surface area contributed by atoms with Gasteiger partial charge in [-0.05, 0) is 25.5 Å². The van der Waals surface area contributed by atoms with E-state index in [-0.39, 0.29) is 6.42 Å². The molecule has 2 aliphatic rings. The van der Waals surface area contributed by atoms with Gasteiger partial charge in [0.05, 0.1) is 6.10 Å². The minimum Gasteiger partial charge on any atom is -0.386 e. The van der Waals surface area contributed by atoms with Crippen LogP contribution in [-0.4, -0.2) is 57.9 Å². The first kappa shape index (κ1) is 17.1. The van der Waals surface area contributed by atoms with Gasteiger partial charge in [-0.15, -0.1) is 0 Å². The van der Waals surface area contributed by atoms with Gasteiger partial charge in [-0.25, -0.2) is 0 Å². The second-order valence-electron chi connectivity index (χ2n) is 5.77. The molecule has 0 radical (unpaired) electrons. The van der Waals surface area contributed by atoms with Crippen molar-refractivity contribution in [3.63, 3.8) is 0 Å². The summed E-state index contributed by atoms with van der Waals surface area (Å²) in [6.07, 6.45) is 5.31. The molecule has 0 aromatic heterocycles. The maximum absolute atomic E-state index is 12.0. The van der Waals surface area contributed by atoms with Crippen molar-refractivity contribution in [2.24, 2.45) is 0 Å². The van der Waals surface area contributed by atoms with E-state index >= 15 is 0 Å². The molecule has 1 aliphatic carbocycles. The van der Waals surface area contributed by atoms with Crippen LogP contribution in [0.3, 0.4) is 0 Å². The standard InChI is InChI=1S/C16H22O6/c1-4-5-6-7-11-8-10-9-12(17)15(2,19)13(18)16(10,20)14(21-3)22-11/h4-7,9,11,13-14,18-20H,8H2,1-3H3/t11-,13-,14+,15-,16-/m1/s1. The molecule has 122 valence electrons. The minimum absolute atomic E-state index is 0.225. The van der Waals surface area contributed by atoms with Crippen molar-refractivity contribution in [1.29, 1.82) is 0 Å². The van der Waals surface area contributed by atoms with Gasteiger partial charge < -0.3 is 24.8 Å². The molecule has 22 heavy (non-hydrogen) atoms. The third kappa shape index (κ3) is 2.57. The Morgan fingerprint density at radius 1 is 1.41 bits per heavy atom. The Morgan fingerprint density at radius 2 is 2.09 bits per heavy atom. The van der Waals surface area contributed by atoms with Gasteiger partial charge in [0.15, 0.2) is 23.3 Å². The fourth-order valence-electron chi connectivity index (χ4n) is 2.84. The number of ketones is 1. The van der Waals surface area contributed by atoms with Gasteiger partial charge in [0.1, 0.15) is 6.10 Å². The number of aliphatic hydroxyl groups excluding tert-OH is 1. The van der Waals surface area contributed by atoms with Crippen molar-refractivity contribution >= 4 is 5.78 Å². The van der Waals surface area contributed by atoms with E-state index in [0.29, 0.717) is 5.57 Å². The van der Waals surface area contributed by atoms with Gasteiger partial charge in [0.2, 0.25) is 0 Å². The smallest absolute Gasteiger partial charge is 0.193 e. The van der Waals surface area contributed by atoms with E-state index in [9.17, 15) is 20.1 Å². The molecule has 2 rings (SSSR count). The number of ether oxygens (including phenoxy) is 2. The van der Waals surface area contributed by atoms with Crippen molar-refractivity contribution in [3.05, 3.63) is 36.0 Å². The van der Waals surface area contributed by atoms with E-state index < -0.39 is 35.5 Å². The monoisotopic (exact) mass is 310 g/mol. The number of methoxy groups -OCH3 is 1. The molecule has 6 nitrogen and oxygen atoms in total. The molecule has 0 unspecified atom stereocenters. The molecule has 0 aromatic carbocycles. The highest BCUT2D eigenvalue weighted by atomic mass is 16.7. The Labute approximate surface area is 129 Å². The zero-order valence-corrected chi connectivity index (χ0v) is 12.9. The number of fused-ring (bicyclic) bond motifs is 1. The summed E-state index contributed by atoms with van der Waals surface area (Å²) < 4.78 is 10.8. The number of hydrogen-bond acceptors (Lipinski definition) is 6. The third-order valence-corrected chi connectivity index (χ3v) is 4.19. The van der Waals surface area contributed by atoms with Gasteiger partial charge in [0, 0.05) is 13.5 Å². The molecule has 3 N–H and O–H groups in total. The lowest BCUT2D eigenvalue weighted by Crippen LogP contribution is -2.69. The Morgan fingerprint density at radius 3 is 2.68 bits per heavy atom. The zero-order chi connectivity index (χ0) is 16.5. The summed E-state index contributed by atoms with van der Waals surface area (Å²) >= 11 is 0. The fraction of sp³-hybridized carbons (Fsp3) is 0.562. The van der Waals surface area contributed by atoms with Crippen LogP contribution in [0.2, 0.25) is 0 Å². The first-order chi connectivity index (χ1) is 10.3. The van der Waals surface area contributed by atoms with Crippen LogP contribution in [0.25, 0.3) is 0 Å². The summed E-state index contributed by atoms with van der Waals surface area (Å²) in [6.45, 7) is 3.04. The molecular weight excluding hydrogens is 288 g/mol. The average Bonchev–Trinajstić information content (AvgIpc) is 2.48. The lowest BCUT2D eigenvalue weighted by molar-refractivity contribution is -0.287. The van der Waals surface area contributed by atoms with Crippen molar-refractivity contribution in [2.45, 2.75) is 50.0 Å². The number of aliphatic hydroxyl groups is 3. The number of hydrogen-bond donors (Lipinski definition) is 3. The highest BCUT2D eigenvalue weighted by Gasteiger charge is 2.61. The zero-order valence-electron chi connectivity index (χ0n) is 12.9. The van der Waals surface area contributed by atoms with E-state index in [2.05, 4.69) is 0 Å². The summed E-state index contributed by atoms with van der Waals surface area (Å²) in [4.78, 5) is 12.0. The number of carbonyl (C=O) groups is 1. The first-order valence-electron chi connectivity index (χ1n) is 7.14. The van der Waals surface area contributed by atoms with E-state index in [0.717, 1.165) is 6.92 Å². The number of carbonyl (C=O) groups excluding carboxylic acids is 1. The van der Waals surface area contributed by atoms with Crippen LogP contribution in [0.4, 0.5) is 0 Å². The molecule has 0 spiro atoms. The van der Waals surface area contributed by atoms with Gasteiger partial charge in [0.25, 0.3) is 0 Å². The molecular formula is C16H22O6. The molecule has 1 fully saturated rings. The van der Waals surface area contributed by atoms with Crippen LogP contribution < -0.4 is 0 Å². The largest absolute Gasteiger partial charge is 0.386 e. The van der Waals surface area contributed by atoms with Crippen LogP contribution in [0, 0.1) is 0 Å². The van der Waals surface area contributed by atoms with Gasteiger partial charge in [-0.3, -0.25) is 4.79 Å². The van der Waals surface area contributed by atoms with Crippen molar-refractivity contribution in [3.8, 4) is 0 Å². The van der Waals surface area contributed by atoms with Crippen LogP contribution in [-0.2, 0) is 14.3 Å². The van der Waals surface area contributed by atoms with Gasteiger partial charge in [-0.2, -0.15) is 0 Å². The molecule has 0 saturated carbocycles. The summed E-state index contributed by atoms with van der Waals surface area (Å²) in [5.74, 6) is -0.646. The fourth-order valence-corrected chi connectivity index (χ4v) is 2.84. The second kappa shape index (κ2) is 6.06. The number of allylic oxidation sites excluding steroid dienone is 3. The Hall–Kier alpha value is -1.31. The average molecular weight is 310 g/mol. The molecule has 0 aromatic rings. The summed E-state index contributed by atoms with van der Waals surface area (Å²) in [5, 5.41) is 31.3. The van der Waals surface area contributed by atoms with Gasteiger partial charge >= 0.3 is 0 Å². The van der Waals surface area contributed by atoms with Crippen LogP contribution in [0.1, 0.15) is 20.3 Å². The minimum atomic E-state index is -2.09. The van der Waals surface area contributed by atoms with Crippen molar-refractivity contribution in [1.82, 2.24) is 0 Å². The quantitative estimate of drug-likeness (QED) is 0.646. The maximum Gasteiger partial charge on any atom is 0.193 e. The van der Waals surface area contributed by atoms with Crippen molar-refractivity contribution in [2.75, 3.05) is 7.11 Å². The van der Waals surface area contributed by atoms with Crippen LogP contribution in [0.15, 0.2) is 36.0 Å². The van der Waals surface area contributed by atoms with E-state index in [4.69, 9.17) is 9.47 Å². The molecule has 1 saturated heterocycles. The van der Waals surface area contributed by atoms with Crippen LogP contribution >= 0.6 is 0 Å². The highest BCUT2D eigenvalue weighted by Crippen LogP contribution is 2.43. The first-order valence-corrected chi connectivity index (χ1v) is 7.14. The summed E-state index contributed by atoms with van der Waals surface area (Å²) in [7, 11) is 1.33. The normalized spacial score (nSPS) is 42.7. The molecule has 1 heterocycles. The SMILES string of the molecule is CC=CC=C[C@@H]1CC2=CC(=O)[C@@](C)(O)[C@@H](O)[C@@]2(O)[C@@H](OC)O1. The molecule has 0 amide bonds. The van der Waals surface area contributed by atoms with E-state index in [1.807, 2.05) is 19.1 Å². The third-order valence-electron chi connectivity index (χ3n) is 4.19. The predicted molar refractivity (Wildman–Crippen MR) is 78.9 cm³/mol. The maximum atomic E-state index is 12.0. The molecule has 6 heteroatoms. The Bertz CT molecular complexity index is 533. The van der Waals surface area contributed by atoms with Crippen molar-refractivity contribution < 1.29 is 29.6 Å². The molecule has 5 atom stereocenters. The molecule has 1 aliphatic heterocycles. The Balaban J connectivity index is 2.40. The molecule has 0 bridgehead atoms. The van der Waals surface area contributed by atoms with Gasteiger partial charge in [-0.1, -0.05) is 24.3 Å². The number of rotatable bonds is 3. The van der Waals surface area contributed by atoms with E-state index in [1.165, 1.54) is 13.2 Å². The second-order valence-corrected chi connectivity index (χ2v) is 5.77. The summed E-state index contributed by atoms with van der Waals surface area (Å²) in [5.41, 5.74) is -3.76. The lowest BCUT2D eigenvalue weighted by atomic mass is 9.69. The van der Waals surface area contributed by atoms with Crippen LogP contribution in [0.5, 0.6) is 0 Å². The summed E-state index contributed by atoms with van der Waals surface area (Å²) in [6, 6.07) is 0. The predicted octanol–water partition coefficient (Wildman–Crippen LogP) is 0.232. The highest BCUT2D eigenvalue weighted by molar-refractivity contribution is 5.99. The van der Waals surface area contributed by atoms with E-state index in [1.54, 1.807) is 12.2 Å². The lowest BCUT2D eigenvalue weighted by Gasteiger charge is -2.50. The Kier molecular flexibility index (Phi) is 4.70. The topological polar surface area (TPSA) is 96.2 Å².